The van der Waals surface area contributed by atoms with Crippen LogP contribution in [0, 0.1) is 5.92 Å². The van der Waals surface area contributed by atoms with Crippen LogP contribution < -0.4 is 10.1 Å². The van der Waals surface area contributed by atoms with E-state index in [-0.39, 0.29) is 12.0 Å². The Morgan fingerprint density at radius 2 is 1.92 bits per heavy atom. The summed E-state index contributed by atoms with van der Waals surface area (Å²) >= 11 is 0. The van der Waals surface area contributed by atoms with Crippen molar-refractivity contribution >= 4 is 10.9 Å². The van der Waals surface area contributed by atoms with Crippen LogP contribution in [-0.4, -0.2) is 40.1 Å². The van der Waals surface area contributed by atoms with E-state index >= 15 is 0 Å². The highest BCUT2D eigenvalue weighted by atomic mass is 32.2. The third-order valence-corrected chi connectivity index (χ3v) is 2.72. The van der Waals surface area contributed by atoms with Crippen molar-refractivity contribution in [1.29, 1.82) is 0 Å². The molecule has 0 aliphatic rings. The van der Waals surface area contributed by atoms with Gasteiger partial charge in [-0.15, -0.1) is 0 Å². The molecule has 80 valence electrons. The minimum Gasteiger partial charge on any atom is -0.259 e. The Kier molecular flexibility index (Phi) is 6.23. The fraction of sp³-hybridized carbons (Fsp3) is 1.00. The molecule has 0 aromatic rings. The molecule has 0 fully saturated rings. The van der Waals surface area contributed by atoms with Crippen LogP contribution in [0.25, 0.3) is 0 Å². The molecule has 0 unspecified atom stereocenters. The van der Waals surface area contributed by atoms with Gasteiger partial charge in [-0.2, -0.15) is 0 Å². The van der Waals surface area contributed by atoms with E-state index in [1.807, 2.05) is 33.0 Å². The van der Waals surface area contributed by atoms with E-state index in [4.69, 9.17) is 0 Å². The normalized spacial score (nSPS) is 16.5. The predicted molar refractivity (Wildman–Crippen MR) is 53.8 cm³/mol. The zero-order valence-electron chi connectivity index (χ0n) is 8.57. The maximum Gasteiger partial charge on any atom is 0.201 e. The van der Waals surface area contributed by atoms with Crippen LogP contribution in [0.15, 0.2) is 0 Å². The van der Waals surface area contributed by atoms with Gasteiger partial charge in [-0.05, 0) is 19.9 Å². The molecule has 0 spiro atoms. The lowest BCUT2D eigenvalue weighted by Gasteiger charge is -2.24. The first kappa shape index (κ1) is 12.8. The fourth-order valence-corrected chi connectivity index (χ4v) is 1.56. The second-order valence-electron chi connectivity index (χ2n) is 3.26. The summed E-state index contributed by atoms with van der Waals surface area (Å²) in [7, 11) is 1.26. The van der Waals surface area contributed by atoms with Gasteiger partial charge in [0.05, 0.1) is 0 Å². The average Bonchev–Trinajstić information content (AvgIpc) is 2.02. The molecule has 0 aromatic carbocycles. The lowest BCUT2D eigenvalue weighted by molar-refractivity contribution is 0.209. The zero-order valence-corrected chi connectivity index (χ0v) is 9.47. The molecule has 0 aliphatic carbocycles. The van der Waals surface area contributed by atoms with Crippen LogP contribution in [0.1, 0.15) is 13.8 Å². The third-order valence-electron chi connectivity index (χ3n) is 2.11. The zero-order chi connectivity index (χ0) is 10.4. The maximum atomic E-state index is 10.4. The van der Waals surface area contributed by atoms with E-state index in [0.717, 1.165) is 6.54 Å². The molecule has 5 nitrogen and oxygen atoms in total. The van der Waals surface area contributed by atoms with Crippen molar-refractivity contribution in [2.24, 2.45) is 5.92 Å². The molecule has 0 saturated heterocycles. The number of nitrogens with one attached hydrogen (secondary N) is 2. The molecular formula is C7H19N3O2S. The summed E-state index contributed by atoms with van der Waals surface area (Å²) < 4.78 is 23.2. The van der Waals surface area contributed by atoms with E-state index in [1.165, 1.54) is 0 Å². The van der Waals surface area contributed by atoms with Gasteiger partial charge in [0.15, 0.2) is 0 Å². The van der Waals surface area contributed by atoms with Crippen LogP contribution >= 0.6 is 0 Å². The second-order valence-corrected chi connectivity index (χ2v) is 4.03. The van der Waals surface area contributed by atoms with Crippen LogP contribution in [0.4, 0.5) is 0 Å². The van der Waals surface area contributed by atoms with E-state index < -0.39 is 10.9 Å². The van der Waals surface area contributed by atoms with Crippen molar-refractivity contribution in [2.75, 3.05) is 20.6 Å². The van der Waals surface area contributed by atoms with Gasteiger partial charge in [0.1, 0.15) is 0 Å². The van der Waals surface area contributed by atoms with Crippen LogP contribution in [0.2, 0.25) is 0 Å². The second kappa shape index (κ2) is 6.31. The molecule has 0 saturated carbocycles. The molecule has 2 N–H and O–H groups in total. The van der Waals surface area contributed by atoms with Crippen molar-refractivity contribution in [3.8, 4) is 0 Å². The minimum atomic E-state index is -2.49. The summed E-state index contributed by atoms with van der Waals surface area (Å²) in [6.07, 6.45) is 0. The van der Waals surface area contributed by atoms with Gasteiger partial charge in [-0.3, -0.25) is 5.43 Å². The van der Waals surface area contributed by atoms with Gasteiger partial charge >= 0.3 is 0 Å². The number of hydrogen-bond acceptors (Lipinski definition) is 4. The van der Waals surface area contributed by atoms with E-state index in [2.05, 4.69) is 10.1 Å². The molecule has 13 heavy (non-hydrogen) atoms. The summed E-state index contributed by atoms with van der Waals surface area (Å²) in [5, 5.41) is 1.92. The van der Waals surface area contributed by atoms with Crippen molar-refractivity contribution in [2.45, 2.75) is 19.9 Å². The number of hydrazine groups is 1. The van der Waals surface area contributed by atoms with Crippen LogP contribution in [0.3, 0.4) is 0 Å². The van der Waals surface area contributed by atoms with Crippen molar-refractivity contribution in [1.82, 2.24) is 15.2 Å². The molecule has 6 heteroatoms. The Hall–Kier alpha value is -0.170. The number of hydrogen-bond donors (Lipinski definition) is 3. The number of rotatable bonds is 6. The highest BCUT2D eigenvalue weighted by molar-refractivity contribution is 7.70. The van der Waals surface area contributed by atoms with Crippen LogP contribution in [-0.2, 0) is 10.9 Å². The van der Waals surface area contributed by atoms with Gasteiger partial charge in [0.25, 0.3) is 0 Å². The first-order valence-electron chi connectivity index (χ1n) is 4.26. The molecule has 0 bridgehead atoms. The third kappa shape index (κ3) is 5.98. The van der Waals surface area contributed by atoms with Gasteiger partial charge < -0.3 is 0 Å². The lowest BCUT2D eigenvalue weighted by Crippen LogP contribution is -2.41. The maximum absolute atomic E-state index is 10.4. The molecule has 0 heterocycles. The molecule has 2 atom stereocenters. The Morgan fingerprint density at radius 1 is 1.38 bits per heavy atom. The van der Waals surface area contributed by atoms with Gasteiger partial charge in [-0.1, -0.05) is 6.92 Å². The lowest BCUT2D eigenvalue weighted by atomic mass is 10.1. The smallest absolute Gasteiger partial charge is 0.201 e. The van der Waals surface area contributed by atoms with Gasteiger partial charge in [0, 0.05) is 19.6 Å². The minimum absolute atomic E-state index is 0.0306. The number of nitrogens with zero attached hydrogens (tertiary/aromatic N) is 1. The Labute approximate surface area is 81.6 Å². The van der Waals surface area contributed by atoms with Crippen molar-refractivity contribution in [3.05, 3.63) is 0 Å². The Bertz CT molecular complexity index is 200. The number of thiol groups is 1. The van der Waals surface area contributed by atoms with Crippen molar-refractivity contribution < 1.29 is 8.42 Å². The first-order valence-corrected chi connectivity index (χ1v) is 5.44. The molecule has 0 amide bonds. The SMILES string of the molecule is CNN(C)C[C@H](C)[C@@H](C)N[SH](=O)=O. The van der Waals surface area contributed by atoms with E-state index in [0.29, 0.717) is 0 Å². The van der Waals surface area contributed by atoms with E-state index in [1.54, 1.807) is 0 Å². The monoisotopic (exact) mass is 209 g/mol. The highest BCUT2D eigenvalue weighted by Gasteiger charge is 2.13. The van der Waals surface area contributed by atoms with Gasteiger partial charge in [-0.25, -0.2) is 18.1 Å². The fourth-order valence-electron chi connectivity index (χ4n) is 0.975. The standard InChI is InChI=1S/C7H19N3O2S/c1-6(5-10(4)8-3)7(2)9-13(11)12/h6-8,13H,5H2,1-4H3,(H,9,11,12)/t6-,7+/m0/s1. The predicted octanol–water partition coefficient (Wildman–Crippen LogP) is -0.807. The summed E-state index contributed by atoms with van der Waals surface area (Å²) in [6.45, 7) is 4.66. The van der Waals surface area contributed by atoms with Crippen molar-refractivity contribution in [3.63, 3.8) is 0 Å². The topological polar surface area (TPSA) is 61.4 Å². The molecule has 0 aliphatic heterocycles. The Balaban J connectivity index is 3.87. The summed E-state index contributed by atoms with van der Waals surface area (Å²) in [4.78, 5) is 0. The molecule has 0 rings (SSSR count). The summed E-state index contributed by atoms with van der Waals surface area (Å²) in [6, 6.07) is -0.0306. The largest absolute Gasteiger partial charge is 0.259 e. The molecular weight excluding hydrogens is 190 g/mol. The summed E-state index contributed by atoms with van der Waals surface area (Å²) in [5.41, 5.74) is 2.96. The Morgan fingerprint density at radius 3 is 2.31 bits per heavy atom. The quantitative estimate of drug-likeness (QED) is 0.396. The molecule has 0 radical (unpaired) electrons. The highest BCUT2D eigenvalue weighted by Crippen LogP contribution is 2.02. The summed E-state index contributed by atoms with van der Waals surface area (Å²) in [5.74, 6) is 0.269. The van der Waals surface area contributed by atoms with Crippen LogP contribution in [0.5, 0.6) is 0 Å². The first-order chi connectivity index (χ1) is 5.97. The van der Waals surface area contributed by atoms with E-state index in [9.17, 15) is 8.42 Å². The average molecular weight is 209 g/mol. The van der Waals surface area contributed by atoms with Gasteiger partial charge in [0.2, 0.25) is 10.9 Å². The molecule has 0 aromatic heterocycles.